The van der Waals surface area contributed by atoms with Gasteiger partial charge in [-0.1, -0.05) is 26.2 Å². The van der Waals surface area contributed by atoms with E-state index in [9.17, 15) is 0 Å². The largest absolute Gasteiger partial charge is 0.478 e. The fraction of sp³-hybridized carbons (Fsp3) is 0.714. The zero-order valence-corrected chi connectivity index (χ0v) is 12.2. The molecular weight excluding hydrogens is 242 g/mol. The van der Waals surface area contributed by atoms with Crippen molar-refractivity contribution < 1.29 is 9.47 Å². The van der Waals surface area contributed by atoms with Crippen LogP contribution >= 0.6 is 0 Å². The molecule has 5 nitrogen and oxygen atoms in total. The number of ether oxygens (including phenoxy) is 2. The number of anilines is 1. The molecule has 0 aliphatic heterocycles. The highest BCUT2D eigenvalue weighted by Gasteiger charge is 2.05. The van der Waals surface area contributed by atoms with Crippen molar-refractivity contribution in [2.45, 2.75) is 46.1 Å². The highest BCUT2D eigenvalue weighted by Crippen LogP contribution is 2.14. The minimum absolute atomic E-state index is 0.394. The number of methoxy groups -OCH3 is 1. The van der Waals surface area contributed by atoms with Crippen molar-refractivity contribution in [1.82, 2.24) is 9.97 Å². The zero-order chi connectivity index (χ0) is 13.9. The molecule has 5 heteroatoms. The maximum Gasteiger partial charge on any atom is 0.218 e. The summed E-state index contributed by atoms with van der Waals surface area (Å²) in [4.78, 5) is 8.67. The van der Waals surface area contributed by atoms with Crippen LogP contribution in [0.4, 0.5) is 5.82 Å². The lowest BCUT2D eigenvalue weighted by Gasteiger charge is -2.09. The number of unbranched alkanes of at least 4 members (excludes halogenated alkanes) is 3. The Morgan fingerprint density at radius 1 is 1.16 bits per heavy atom. The third-order valence-corrected chi connectivity index (χ3v) is 2.65. The number of hydrogen-bond acceptors (Lipinski definition) is 5. The van der Waals surface area contributed by atoms with Gasteiger partial charge in [0.25, 0.3) is 0 Å². The van der Waals surface area contributed by atoms with Gasteiger partial charge in [-0.25, -0.2) is 4.98 Å². The molecule has 0 aliphatic rings. The van der Waals surface area contributed by atoms with E-state index < -0.39 is 0 Å². The van der Waals surface area contributed by atoms with E-state index in [0.29, 0.717) is 24.9 Å². The van der Waals surface area contributed by atoms with Crippen LogP contribution in [0.1, 0.15) is 45.4 Å². The summed E-state index contributed by atoms with van der Waals surface area (Å²) in [6.07, 6.45) is 4.93. The summed E-state index contributed by atoms with van der Waals surface area (Å²) in [6.45, 7) is 6.07. The van der Waals surface area contributed by atoms with Gasteiger partial charge in [0.1, 0.15) is 12.4 Å². The van der Waals surface area contributed by atoms with Crippen LogP contribution in [0.15, 0.2) is 6.07 Å². The first-order chi connectivity index (χ1) is 9.30. The maximum atomic E-state index is 5.43. The average Bonchev–Trinajstić information content (AvgIpc) is 2.39. The lowest BCUT2D eigenvalue weighted by atomic mass is 10.2. The third kappa shape index (κ3) is 6.38. The summed E-state index contributed by atoms with van der Waals surface area (Å²) in [5, 5.41) is 3.31. The van der Waals surface area contributed by atoms with E-state index in [-0.39, 0.29) is 0 Å². The van der Waals surface area contributed by atoms with Gasteiger partial charge in [0.2, 0.25) is 5.88 Å². The minimum Gasteiger partial charge on any atom is -0.478 e. The molecule has 0 saturated carbocycles. The predicted molar refractivity (Wildman–Crippen MR) is 76.5 cm³/mol. The van der Waals surface area contributed by atoms with Crippen molar-refractivity contribution in [3.05, 3.63) is 11.9 Å². The van der Waals surface area contributed by atoms with Crippen LogP contribution in [0.25, 0.3) is 0 Å². The predicted octanol–water partition coefficient (Wildman–Crippen LogP) is 3.01. The van der Waals surface area contributed by atoms with Gasteiger partial charge in [0.15, 0.2) is 5.82 Å². The summed E-state index contributed by atoms with van der Waals surface area (Å²) >= 11 is 0. The minimum atomic E-state index is 0.394. The Bertz CT molecular complexity index is 334. The Hall–Kier alpha value is -1.36. The zero-order valence-electron chi connectivity index (χ0n) is 12.2. The topological polar surface area (TPSA) is 56.3 Å². The molecule has 0 bridgehead atoms. The first-order valence-electron chi connectivity index (χ1n) is 7.03. The van der Waals surface area contributed by atoms with Crippen LogP contribution < -0.4 is 10.1 Å². The fourth-order valence-corrected chi connectivity index (χ4v) is 1.75. The van der Waals surface area contributed by atoms with Crippen LogP contribution in [0.2, 0.25) is 0 Å². The van der Waals surface area contributed by atoms with Crippen LogP contribution in [-0.2, 0) is 11.3 Å². The monoisotopic (exact) mass is 267 g/mol. The van der Waals surface area contributed by atoms with E-state index >= 15 is 0 Å². The number of hydrogen-bond donors (Lipinski definition) is 1. The molecule has 0 aromatic carbocycles. The Kier molecular flexibility index (Phi) is 7.89. The first-order valence-corrected chi connectivity index (χ1v) is 7.03. The van der Waals surface area contributed by atoms with E-state index in [1.807, 2.05) is 13.0 Å². The molecule has 0 unspecified atom stereocenters. The summed E-state index contributed by atoms with van der Waals surface area (Å²) in [7, 11) is 1.63. The van der Waals surface area contributed by atoms with Gasteiger partial charge in [-0.3, -0.25) is 0 Å². The summed E-state index contributed by atoms with van der Waals surface area (Å²) in [5.41, 5.74) is 0. The van der Waals surface area contributed by atoms with Crippen molar-refractivity contribution in [3.8, 4) is 5.88 Å². The van der Waals surface area contributed by atoms with Gasteiger partial charge in [0.05, 0.1) is 6.61 Å². The molecule has 0 saturated heterocycles. The Morgan fingerprint density at radius 3 is 2.68 bits per heavy atom. The maximum absolute atomic E-state index is 5.43. The van der Waals surface area contributed by atoms with E-state index in [1.54, 1.807) is 7.11 Å². The molecule has 0 fully saturated rings. The molecule has 1 N–H and O–H groups in total. The van der Waals surface area contributed by atoms with Gasteiger partial charge in [-0.2, -0.15) is 4.98 Å². The first kappa shape index (κ1) is 15.7. The SMILES string of the molecule is CCCCCCNc1cc(OCC)nc(COC)n1. The molecular formula is C14H25N3O2. The van der Waals surface area contributed by atoms with Crippen molar-refractivity contribution in [2.75, 3.05) is 25.6 Å². The van der Waals surface area contributed by atoms with Gasteiger partial charge in [0, 0.05) is 19.7 Å². The molecule has 1 aromatic rings. The summed E-state index contributed by atoms with van der Waals surface area (Å²) < 4.78 is 10.5. The molecule has 1 aromatic heterocycles. The summed E-state index contributed by atoms with van der Waals surface area (Å²) in [5.74, 6) is 2.05. The molecule has 0 aliphatic carbocycles. The van der Waals surface area contributed by atoms with Crippen molar-refractivity contribution in [3.63, 3.8) is 0 Å². The Balaban J connectivity index is 2.54. The second-order valence-corrected chi connectivity index (χ2v) is 4.36. The van der Waals surface area contributed by atoms with Gasteiger partial charge in [-0.05, 0) is 13.3 Å². The lowest BCUT2D eigenvalue weighted by Crippen LogP contribution is -2.08. The van der Waals surface area contributed by atoms with Crippen LogP contribution in [0, 0.1) is 0 Å². The van der Waals surface area contributed by atoms with E-state index in [1.165, 1.54) is 19.3 Å². The van der Waals surface area contributed by atoms with Gasteiger partial charge >= 0.3 is 0 Å². The molecule has 0 atom stereocenters. The number of aromatic nitrogens is 2. The molecule has 19 heavy (non-hydrogen) atoms. The van der Waals surface area contributed by atoms with Crippen molar-refractivity contribution in [2.24, 2.45) is 0 Å². The summed E-state index contributed by atoms with van der Waals surface area (Å²) in [6, 6.07) is 1.84. The molecule has 1 heterocycles. The van der Waals surface area contributed by atoms with Crippen LogP contribution in [0.3, 0.4) is 0 Å². The van der Waals surface area contributed by atoms with E-state index in [2.05, 4.69) is 22.2 Å². The lowest BCUT2D eigenvalue weighted by molar-refractivity contribution is 0.176. The number of rotatable bonds is 10. The third-order valence-electron chi connectivity index (χ3n) is 2.65. The molecule has 0 amide bonds. The Labute approximate surface area is 115 Å². The normalized spacial score (nSPS) is 10.5. The molecule has 108 valence electrons. The van der Waals surface area contributed by atoms with Crippen LogP contribution in [-0.4, -0.2) is 30.2 Å². The number of nitrogens with zero attached hydrogens (tertiary/aromatic N) is 2. The van der Waals surface area contributed by atoms with Crippen LogP contribution in [0.5, 0.6) is 5.88 Å². The highest BCUT2D eigenvalue weighted by atomic mass is 16.5. The second kappa shape index (κ2) is 9.55. The second-order valence-electron chi connectivity index (χ2n) is 4.36. The number of nitrogens with one attached hydrogen (secondary N) is 1. The molecule has 0 radical (unpaired) electrons. The smallest absolute Gasteiger partial charge is 0.218 e. The van der Waals surface area contributed by atoms with Gasteiger partial charge < -0.3 is 14.8 Å². The van der Waals surface area contributed by atoms with E-state index in [0.717, 1.165) is 18.8 Å². The Morgan fingerprint density at radius 2 is 2.00 bits per heavy atom. The average molecular weight is 267 g/mol. The molecule has 1 rings (SSSR count). The van der Waals surface area contributed by atoms with E-state index in [4.69, 9.17) is 9.47 Å². The van der Waals surface area contributed by atoms with Crippen molar-refractivity contribution >= 4 is 5.82 Å². The highest BCUT2D eigenvalue weighted by molar-refractivity contribution is 5.38. The molecule has 0 spiro atoms. The van der Waals surface area contributed by atoms with Crippen molar-refractivity contribution in [1.29, 1.82) is 0 Å². The quantitative estimate of drug-likeness (QED) is 0.660. The fourth-order valence-electron chi connectivity index (χ4n) is 1.75. The standard InChI is InChI=1S/C14H25N3O2/c1-4-6-7-8-9-15-12-10-14(19-5-2)17-13(16-12)11-18-3/h10H,4-9,11H2,1-3H3,(H,15,16,17). The van der Waals surface area contributed by atoms with Gasteiger partial charge in [-0.15, -0.1) is 0 Å².